The zero-order valence-corrected chi connectivity index (χ0v) is 18.6. The lowest BCUT2D eigenvalue weighted by Crippen LogP contribution is -2.51. The van der Waals surface area contributed by atoms with Gasteiger partial charge in [0.15, 0.2) is 0 Å². The van der Waals surface area contributed by atoms with E-state index < -0.39 is 11.9 Å². The Morgan fingerprint density at radius 1 is 1.21 bits per heavy atom. The normalized spacial score (nSPS) is 45.3. The van der Waals surface area contributed by atoms with Crippen molar-refractivity contribution in [2.45, 2.75) is 104 Å². The van der Waals surface area contributed by atoms with E-state index in [0.29, 0.717) is 11.8 Å². The van der Waals surface area contributed by atoms with Gasteiger partial charge in [-0.05, 0) is 94.3 Å². The van der Waals surface area contributed by atoms with E-state index in [1.165, 1.54) is 37.7 Å². The number of fused-ring (bicyclic) bond motifs is 1. The maximum absolute atomic E-state index is 11.2. The first-order valence-corrected chi connectivity index (χ1v) is 11.3. The summed E-state index contributed by atoms with van der Waals surface area (Å²) in [5.74, 6) is 0.0363. The van der Waals surface area contributed by atoms with Crippen LogP contribution in [0.25, 0.3) is 0 Å². The molecule has 2 saturated carbocycles. The minimum absolute atomic E-state index is 0.284. The molecule has 3 fully saturated rings. The van der Waals surface area contributed by atoms with Crippen LogP contribution in [0.4, 0.5) is 0 Å². The highest BCUT2D eigenvalue weighted by Crippen LogP contribution is 2.63. The zero-order valence-electron chi connectivity index (χ0n) is 18.6. The molecule has 4 heteroatoms. The fourth-order valence-electron chi connectivity index (χ4n) is 6.30. The second-order valence-corrected chi connectivity index (χ2v) is 10.7. The summed E-state index contributed by atoms with van der Waals surface area (Å²) in [7, 11) is 0. The molecule has 7 atom stereocenters. The van der Waals surface area contributed by atoms with Gasteiger partial charge in [0.05, 0.1) is 5.92 Å². The number of hydrogen-bond donors (Lipinski definition) is 1. The van der Waals surface area contributed by atoms with E-state index in [2.05, 4.69) is 34.3 Å². The van der Waals surface area contributed by atoms with E-state index in [9.17, 15) is 9.90 Å². The molecule has 0 bridgehead atoms. The number of rotatable bonds is 5. The van der Waals surface area contributed by atoms with Crippen LogP contribution in [-0.2, 0) is 14.6 Å². The number of aliphatic carboxylic acids is 1. The fraction of sp³-hybridized carbons (Fsp3) is 0.875. The van der Waals surface area contributed by atoms with E-state index in [1.807, 2.05) is 0 Å². The number of carboxylic acid groups (broad SMARTS) is 1. The molecular formula is C24H40O4. The van der Waals surface area contributed by atoms with E-state index in [1.54, 1.807) is 6.92 Å². The topological polar surface area (TPSA) is 55.8 Å². The highest BCUT2D eigenvalue weighted by Gasteiger charge is 2.54. The molecule has 0 amide bonds. The summed E-state index contributed by atoms with van der Waals surface area (Å²) in [6.45, 7) is 15.7. The van der Waals surface area contributed by atoms with Crippen LogP contribution in [0.15, 0.2) is 12.2 Å². The molecule has 1 saturated heterocycles. The Hall–Kier alpha value is -0.870. The molecule has 1 aliphatic heterocycles. The first-order chi connectivity index (χ1) is 13.0. The molecular weight excluding hydrogens is 352 g/mol. The largest absolute Gasteiger partial charge is 0.481 e. The minimum atomic E-state index is -0.822. The third-order valence-electron chi connectivity index (χ3n) is 9.04. The van der Waals surface area contributed by atoms with Crippen molar-refractivity contribution in [3.63, 3.8) is 0 Å². The van der Waals surface area contributed by atoms with Gasteiger partial charge in [0.1, 0.15) is 11.7 Å². The smallest absolute Gasteiger partial charge is 0.308 e. The third kappa shape index (κ3) is 3.79. The summed E-state index contributed by atoms with van der Waals surface area (Å²) in [6.07, 6.45) is 9.66. The predicted molar refractivity (Wildman–Crippen MR) is 111 cm³/mol. The molecule has 4 nitrogen and oxygen atoms in total. The highest BCUT2D eigenvalue weighted by molar-refractivity contribution is 5.70. The quantitative estimate of drug-likeness (QED) is 0.450. The molecule has 28 heavy (non-hydrogen) atoms. The molecule has 1 heterocycles. The van der Waals surface area contributed by atoms with Crippen LogP contribution in [0.5, 0.6) is 0 Å². The molecule has 1 N–H and O–H groups in total. The van der Waals surface area contributed by atoms with Gasteiger partial charge in [0.2, 0.25) is 0 Å². The molecule has 2 aliphatic carbocycles. The van der Waals surface area contributed by atoms with Gasteiger partial charge in [0, 0.05) is 0 Å². The molecule has 0 aromatic rings. The predicted octanol–water partition coefficient (Wildman–Crippen LogP) is 6.16. The monoisotopic (exact) mass is 392 g/mol. The van der Waals surface area contributed by atoms with Crippen molar-refractivity contribution in [1.29, 1.82) is 0 Å². The van der Waals surface area contributed by atoms with Crippen LogP contribution in [-0.4, -0.2) is 22.8 Å². The first-order valence-electron chi connectivity index (χ1n) is 11.3. The first kappa shape index (κ1) is 21.8. The standard InChI is InChI=1S/C24H40O4/c1-16-8-7-9-20-23(16,5)13-10-17(2)24(20,6)15-14-22(4)12-11-19(27-28-22)18(3)21(25)26/h17-20H,1,7-15H2,2-6H3,(H,25,26)/t17-,18-,19+,20+,22-,23+,24+/m1/s1. The van der Waals surface area contributed by atoms with Gasteiger partial charge in [-0.1, -0.05) is 32.9 Å². The minimum Gasteiger partial charge on any atom is -0.481 e. The number of hydrogen-bond acceptors (Lipinski definition) is 3. The zero-order chi connectivity index (χ0) is 20.7. The number of allylic oxidation sites excluding steroid dienone is 1. The van der Waals surface area contributed by atoms with Gasteiger partial charge in [-0.15, -0.1) is 0 Å². The summed E-state index contributed by atoms with van der Waals surface area (Å²) < 4.78 is 0. The molecule has 3 rings (SSSR count). The SMILES string of the molecule is C=C1CCC[C@@H]2[C@@](C)(CC[C@@]3(C)CC[C@@H]([C@@H](C)C(=O)O)OO3)[C@H](C)CC[C@@]12C. The Morgan fingerprint density at radius 2 is 1.93 bits per heavy atom. The van der Waals surface area contributed by atoms with E-state index in [4.69, 9.17) is 9.78 Å². The van der Waals surface area contributed by atoms with Crippen molar-refractivity contribution in [2.24, 2.45) is 28.6 Å². The summed E-state index contributed by atoms with van der Waals surface area (Å²) in [6, 6.07) is 0. The van der Waals surface area contributed by atoms with E-state index in [-0.39, 0.29) is 22.5 Å². The maximum atomic E-state index is 11.2. The van der Waals surface area contributed by atoms with Crippen molar-refractivity contribution in [1.82, 2.24) is 0 Å². The molecule has 0 unspecified atom stereocenters. The van der Waals surface area contributed by atoms with Crippen molar-refractivity contribution >= 4 is 5.97 Å². The Bertz CT molecular complexity index is 606. The van der Waals surface area contributed by atoms with Crippen LogP contribution in [0.1, 0.15) is 92.4 Å². The average Bonchev–Trinajstić information content (AvgIpc) is 2.66. The number of carboxylic acids is 1. The Labute approximate surface area is 171 Å². The molecule has 0 spiro atoms. The summed E-state index contributed by atoms with van der Waals surface area (Å²) in [5.41, 5.74) is 1.72. The lowest BCUT2D eigenvalue weighted by molar-refractivity contribution is -0.412. The lowest BCUT2D eigenvalue weighted by Gasteiger charge is -2.59. The molecule has 3 aliphatic rings. The van der Waals surface area contributed by atoms with Gasteiger partial charge in [-0.25, -0.2) is 9.78 Å². The van der Waals surface area contributed by atoms with Crippen LogP contribution in [0.3, 0.4) is 0 Å². The second kappa shape index (κ2) is 7.75. The molecule has 160 valence electrons. The van der Waals surface area contributed by atoms with Crippen LogP contribution in [0, 0.1) is 28.6 Å². The summed E-state index contributed by atoms with van der Waals surface area (Å²) >= 11 is 0. The van der Waals surface area contributed by atoms with Crippen molar-refractivity contribution in [3.8, 4) is 0 Å². The molecule has 0 radical (unpaired) electrons. The maximum Gasteiger partial charge on any atom is 0.308 e. The van der Waals surface area contributed by atoms with Crippen LogP contribution in [0.2, 0.25) is 0 Å². The summed E-state index contributed by atoms with van der Waals surface area (Å²) in [5, 5.41) is 9.21. The lowest BCUT2D eigenvalue weighted by atomic mass is 9.46. The average molecular weight is 393 g/mol. The molecule has 0 aromatic heterocycles. The summed E-state index contributed by atoms with van der Waals surface area (Å²) in [4.78, 5) is 22.6. The van der Waals surface area contributed by atoms with Gasteiger partial charge in [0.25, 0.3) is 0 Å². The third-order valence-corrected chi connectivity index (χ3v) is 9.04. The van der Waals surface area contributed by atoms with E-state index >= 15 is 0 Å². The fourth-order valence-corrected chi connectivity index (χ4v) is 6.30. The van der Waals surface area contributed by atoms with Crippen LogP contribution < -0.4 is 0 Å². The second-order valence-electron chi connectivity index (χ2n) is 10.7. The van der Waals surface area contributed by atoms with Gasteiger partial charge >= 0.3 is 5.97 Å². The molecule has 0 aromatic carbocycles. The number of carbonyl (C=O) groups is 1. The van der Waals surface area contributed by atoms with Crippen molar-refractivity contribution in [3.05, 3.63) is 12.2 Å². The Morgan fingerprint density at radius 3 is 2.54 bits per heavy atom. The van der Waals surface area contributed by atoms with Crippen LogP contribution >= 0.6 is 0 Å². The van der Waals surface area contributed by atoms with Gasteiger partial charge in [-0.2, -0.15) is 0 Å². The van der Waals surface area contributed by atoms with Crippen molar-refractivity contribution < 1.29 is 19.7 Å². The Kier molecular flexibility index (Phi) is 6.05. The highest BCUT2D eigenvalue weighted by atomic mass is 17.2. The van der Waals surface area contributed by atoms with Crippen molar-refractivity contribution in [2.75, 3.05) is 0 Å². The van der Waals surface area contributed by atoms with Gasteiger partial charge < -0.3 is 5.11 Å². The Balaban J connectivity index is 1.67. The van der Waals surface area contributed by atoms with Gasteiger partial charge in [-0.3, -0.25) is 4.79 Å². The van der Waals surface area contributed by atoms with E-state index in [0.717, 1.165) is 25.7 Å².